The van der Waals surface area contributed by atoms with Crippen LogP contribution < -0.4 is 5.32 Å². The second-order valence-electron chi connectivity index (χ2n) is 7.49. The van der Waals surface area contributed by atoms with E-state index < -0.39 is 0 Å². The van der Waals surface area contributed by atoms with Crippen LogP contribution in [-0.4, -0.2) is 63.3 Å². The second-order valence-corrected chi connectivity index (χ2v) is 7.49. The van der Waals surface area contributed by atoms with Gasteiger partial charge in [0.2, 0.25) is 11.9 Å². The van der Waals surface area contributed by atoms with E-state index in [1.54, 1.807) is 17.1 Å². The standard InChI is InChI=1S/C21H24N6O3/c1-26-12-17(11-23-26)15-3-4-16-10-22-21(24-18(16)9-15)25-20(29)14-5-7-27(8-6-14)13-19(28)30-2/h3-4,9-12,14H,5-8,13H2,1-2H3,(H,22,24,25,29). The van der Waals surface area contributed by atoms with Gasteiger partial charge < -0.3 is 4.74 Å². The van der Waals surface area contributed by atoms with E-state index in [1.165, 1.54) is 7.11 Å². The summed E-state index contributed by atoms with van der Waals surface area (Å²) in [6, 6.07) is 5.93. The number of carbonyl (C=O) groups is 2. The van der Waals surface area contributed by atoms with E-state index in [1.807, 2.05) is 36.3 Å². The first-order valence-corrected chi connectivity index (χ1v) is 9.87. The van der Waals surface area contributed by atoms with Crippen molar-refractivity contribution in [3.8, 4) is 11.1 Å². The highest BCUT2D eigenvalue weighted by Gasteiger charge is 2.26. The van der Waals surface area contributed by atoms with Gasteiger partial charge in [0.05, 0.1) is 25.4 Å². The summed E-state index contributed by atoms with van der Waals surface area (Å²) in [5.74, 6) is -0.170. The summed E-state index contributed by atoms with van der Waals surface area (Å²) >= 11 is 0. The summed E-state index contributed by atoms with van der Waals surface area (Å²) in [6.07, 6.45) is 6.82. The maximum absolute atomic E-state index is 12.7. The van der Waals surface area contributed by atoms with E-state index in [-0.39, 0.29) is 24.3 Å². The summed E-state index contributed by atoms with van der Waals surface area (Å²) in [4.78, 5) is 34.9. The van der Waals surface area contributed by atoms with Crippen molar-refractivity contribution in [3.63, 3.8) is 0 Å². The molecule has 3 aromatic rings. The number of nitrogens with zero attached hydrogens (tertiary/aromatic N) is 5. The van der Waals surface area contributed by atoms with Gasteiger partial charge in [0.25, 0.3) is 0 Å². The van der Waals surface area contributed by atoms with E-state index in [0.29, 0.717) is 31.9 Å². The molecule has 0 atom stereocenters. The van der Waals surface area contributed by atoms with Gasteiger partial charge in [-0.05, 0) is 37.6 Å². The van der Waals surface area contributed by atoms with E-state index in [2.05, 4.69) is 20.4 Å². The van der Waals surface area contributed by atoms with E-state index in [4.69, 9.17) is 4.74 Å². The lowest BCUT2D eigenvalue weighted by atomic mass is 9.96. The lowest BCUT2D eigenvalue weighted by molar-refractivity contribution is -0.142. The molecule has 0 aliphatic carbocycles. The Morgan fingerprint density at radius 2 is 2.00 bits per heavy atom. The SMILES string of the molecule is COC(=O)CN1CCC(C(=O)Nc2ncc3ccc(-c4cnn(C)c4)cc3n2)CC1. The molecule has 1 N–H and O–H groups in total. The minimum Gasteiger partial charge on any atom is -0.468 e. The van der Waals surface area contributed by atoms with E-state index in [9.17, 15) is 9.59 Å². The zero-order chi connectivity index (χ0) is 21.1. The fourth-order valence-corrected chi connectivity index (χ4v) is 3.65. The average molecular weight is 408 g/mol. The van der Waals surface area contributed by atoms with Crippen LogP contribution in [0.5, 0.6) is 0 Å². The van der Waals surface area contributed by atoms with Crippen LogP contribution in [0.3, 0.4) is 0 Å². The Hall–Kier alpha value is -3.33. The number of nitrogens with one attached hydrogen (secondary N) is 1. The number of piperidine rings is 1. The molecule has 1 aliphatic heterocycles. The van der Waals surface area contributed by atoms with Crippen LogP contribution in [0.15, 0.2) is 36.8 Å². The fourth-order valence-electron chi connectivity index (χ4n) is 3.65. The Bertz CT molecular complexity index is 1070. The molecule has 0 unspecified atom stereocenters. The van der Waals surface area contributed by atoms with Gasteiger partial charge in [-0.15, -0.1) is 0 Å². The molecule has 3 heterocycles. The maximum Gasteiger partial charge on any atom is 0.319 e. The Balaban J connectivity index is 1.42. The van der Waals surface area contributed by atoms with Crippen molar-refractivity contribution < 1.29 is 14.3 Å². The molecule has 156 valence electrons. The molecule has 4 rings (SSSR count). The third kappa shape index (κ3) is 4.46. The molecular weight excluding hydrogens is 384 g/mol. The van der Waals surface area contributed by atoms with E-state index in [0.717, 1.165) is 22.0 Å². The molecular formula is C21H24N6O3. The third-order valence-electron chi connectivity index (χ3n) is 5.39. The molecule has 1 amide bonds. The Kier molecular flexibility index (Phi) is 5.71. The number of amides is 1. The largest absolute Gasteiger partial charge is 0.468 e. The van der Waals surface area contributed by atoms with Gasteiger partial charge in [0.1, 0.15) is 0 Å². The number of anilines is 1. The monoisotopic (exact) mass is 408 g/mol. The number of likely N-dealkylation sites (tertiary alicyclic amines) is 1. The molecule has 2 aromatic heterocycles. The molecule has 0 radical (unpaired) electrons. The Morgan fingerprint density at radius 3 is 2.70 bits per heavy atom. The van der Waals surface area contributed by atoms with E-state index >= 15 is 0 Å². The van der Waals surface area contributed by atoms with Crippen molar-refractivity contribution in [2.45, 2.75) is 12.8 Å². The van der Waals surface area contributed by atoms with Gasteiger partial charge in [-0.1, -0.05) is 12.1 Å². The van der Waals surface area contributed by atoms with Crippen LogP contribution in [-0.2, 0) is 21.4 Å². The van der Waals surface area contributed by atoms with Crippen molar-refractivity contribution in [1.82, 2.24) is 24.6 Å². The van der Waals surface area contributed by atoms with Gasteiger partial charge >= 0.3 is 5.97 Å². The minimum atomic E-state index is -0.256. The average Bonchev–Trinajstić information content (AvgIpc) is 3.20. The summed E-state index contributed by atoms with van der Waals surface area (Å²) < 4.78 is 6.45. The number of carbonyl (C=O) groups excluding carboxylic acids is 2. The number of aryl methyl sites for hydroxylation is 1. The number of hydrogen-bond acceptors (Lipinski definition) is 7. The number of methoxy groups -OCH3 is 1. The highest BCUT2D eigenvalue weighted by molar-refractivity contribution is 5.92. The van der Waals surface area contributed by atoms with Gasteiger partial charge in [-0.2, -0.15) is 5.10 Å². The third-order valence-corrected chi connectivity index (χ3v) is 5.39. The van der Waals surface area contributed by atoms with Crippen molar-refractivity contribution in [2.24, 2.45) is 13.0 Å². The van der Waals surface area contributed by atoms with Crippen molar-refractivity contribution in [2.75, 3.05) is 32.1 Å². The number of benzene rings is 1. The number of esters is 1. The fraction of sp³-hybridized carbons (Fsp3) is 0.381. The summed E-state index contributed by atoms with van der Waals surface area (Å²) in [6.45, 7) is 1.62. The Labute approximate surface area is 174 Å². The first-order chi connectivity index (χ1) is 14.5. The molecule has 0 bridgehead atoms. The van der Waals surface area contributed by atoms with Crippen LogP contribution in [0.1, 0.15) is 12.8 Å². The molecule has 9 nitrogen and oxygen atoms in total. The highest BCUT2D eigenvalue weighted by atomic mass is 16.5. The predicted molar refractivity (Wildman–Crippen MR) is 112 cm³/mol. The van der Waals surface area contributed by atoms with Crippen molar-refractivity contribution in [1.29, 1.82) is 0 Å². The van der Waals surface area contributed by atoms with Gasteiger partial charge in [0.15, 0.2) is 0 Å². The number of hydrogen-bond donors (Lipinski definition) is 1. The number of fused-ring (bicyclic) bond motifs is 1. The van der Waals surface area contributed by atoms with Gasteiger partial charge in [0, 0.05) is 36.3 Å². The first-order valence-electron chi connectivity index (χ1n) is 9.87. The van der Waals surface area contributed by atoms with Crippen LogP contribution >= 0.6 is 0 Å². The molecule has 1 aliphatic rings. The van der Waals surface area contributed by atoms with Crippen LogP contribution in [0, 0.1) is 5.92 Å². The van der Waals surface area contributed by atoms with Crippen molar-refractivity contribution in [3.05, 3.63) is 36.8 Å². The zero-order valence-electron chi connectivity index (χ0n) is 17.0. The van der Waals surface area contributed by atoms with Crippen LogP contribution in [0.4, 0.5) is 5.95 Å². The minimum absolute atomic E-state index is 0.0875. The number of aromatic nitrogens is 4. The second kappa shape index (κ2) is 8.58. The quantitative estimate of drug-likeness (QED) is 0.643. The number of ether oxygens (including phenoxy) is 1. The molecule has 0 spiro atoms. The summed E-state index contributed by atoms with van der Waals surface area (Å²) in [5.41, 5.74) is 2.77. The summed E-state index contributed by atoms with van der Waals surface area (Å²) in [7, 11) is 3.26. The topological polar surface area (TPSA) is 102 Å². The van der Waals surface area contributed by atoms with Crippen LogP contribution in [0.2, 0.25) is 0 Å². The molecule has 1 saturated heterocycles. The lowest BCUT2D eigenvalue weighted by Gasteiger charge is -2.30. The maximum atomic E-state index is 12.7. The van der Waals surface area contributed by atoms with Gasteiger partial charge in [-0.3, -0.25) is 24.5 Å². The summed E-state index contributed by atoms with van der Waals surface area (Å²) in [5, 5.41) is 7.95. The predicted octanol–water partition coefficient (Wildman–Crippen LogP) is 1.85. The van der Waals surface area contributed by atoms with Gasteiger partial charge in [-0.25, -0.2) is 9.97 Å². The number of rotatable bonds is 5. The lowest BCUT2D eigenvalue weighted by Crippen LogP contribution is -2.40. The first kappa shape index (κ1) is 20.0. The Morgan fingerprint density at radius 1 is 1.20 bits per heavy atom. The molecule has 1 fully saturated rings. The van der Waals surface area contributed by atoms with Crippen molar-refractivity contribution >= 4 is 28.7 Å². The highest BCUT2D eigenvalue weighted by Crippen LogP contribution is 2.24. The molecule has 1 aromatic carbocycles. The molecule has 0 saturated carbocycles. The zero-order valence-corrected chi connectivity index (χ0v) is 17.0. The molecule has 9 heteroatoms. The van der Waals surface area contributed by atoms with Crippen LogP contribution in [0.25, 0.3) is 22.0 Å². The smallest absolute Gasteiger partial charge is 0.319 e. The normalized spacial score (nSPS) is 15.3. The molecule has 30 heavy (non-hydrogen) atoms.